The van der Waals surface area contributed by atoms with Gasteiger partial charge < -0.3 is 9.72 Å². The summed E-state index contributed by atoms with van der Waals surface area (Å²) in [4.78, 5) is 21.2. The number of pyridine rings is 2. The minimum Gasteiger partial charge on any atom is -0.319 e. The minimum atomic E-state index is -4.67. The van der Waals surface area contributed by atoms with E-state index in [0.29, 0.717) is 0 Å². The second kappa shape index (κ2) is 10.2. The summed E-state index contributed by atoms with van der Waals surface area (Å²) in [6, 6.07) is 11.0. The van der Waals surface area contributed by atoms with Crippen LogP contribution >= 0.6 is 47.4 Å². The van der Waals surface area contributed by atoms with Gasteiger partial charge in [-0.1, -0.05) is 29.3 Å². The van der Waals surface area contributed by atoms with E-state index in [0.717, 1.165) is 4.90 Å². The first-order valence-corrected chi connectivity index (χ1v) is 10.8. The zero-order chi connectivity index (χ0) is 22.9. The van der Waals surface area contributed by atoms with E-state index in [1.54, 1.807) is 30.6 Å². The lowest BCUT2D eigenvalue weighted by Gasteiger charge is -2.10. The fourth-order valence-corrected chi connectivity index (χ4v) is 4.53. The van der Waals surface area contributed by atoms with Crippen LogP contribution in [0.1, 0.15) is 21.7 Å². The number of aromatic nitrogens is 3. The highest BCUT2D eigenvalue weighted by Crippen LogP contribution is 2.36. The van der Waals surface area contributed by atoms with Gasteiger partial charge in [-0.3, -0.25) is 9.78 Å². The topological polar surface area (TPSA) is 59.3 Å². The summed E-state index contributed by atoms with van der Waals surface area (Å²) in [5.41, 5.74) is -0.979. The van der Waals surface area contributed by atoms with E-state index < -0.39 is 17.8 Å². The predicted molar refractivity (Wildman–Crippen MR) is 126 cm³/mol. The van der Waals surface area contributed by atoms with Crippen molar-refractivity contribution in [1.82, 2.24) is 14.4 Å². The molecule has 0 fully saturated rings. The molecule has 0 saturated heterocycles. The molecule has 0 aliphatic heterocycles. The average Bonchev–Trinajstić information content (AvgIpc) is 3.13. The maximum atomic E-state index is 13.8. The third kappa shape index (κ3) is 5.38. The number of alkyl halides is 3. The van der Waals surface area contributed by atoms with Crippen LogP contribution in [0.25, 0.3) is 5.65 Å². The fourth-order valence-electron chi connectivity index (χ4n) is 3.06. The second-order valence-corrected chi connectivity index (χ2v) is 8.41. The summed E-state index contributed by atoms with van der Waals surface area (Å²) in [6.07, 6.45) is -0.0738. The lowest BCUT2D eigenvalue weighted by molar-refractivity contribution is -0.141. The van der Waals surface area contributed by atoms with Crippen molar-refractivity contribution in [2.24, 2.45) is 0 Å². The summed E-state index contributed by atoms with van der Waals surface area (Å²) in [6.45, 7) is 0. The van der Waals surface area contributed by atoms with Crippen LogP contribution < -0.4 is 5.32 Å². The first-order valence-electron chi connectivity index (χ1n) is 9.11. The number of fused-ring (bicyclic) bond motifs is 1. The maximum absolute atomic E-state index is 13.8. The Kier molecular flexibility index (Phi) is 7.79. The molecular formula is C21H14Cl3F3N4OS. The summed E-state index contributed by atoms with van der Waals surface area (Å²) < 4.78 is 42.6. The smallest absolute Gasteiger partial charge is 0.319 e. The van der Waals surface area contributed by atoms with Crippen LogP contribution in [0.4, 0.5) is 18.9 Å². The summed E-state index contributed by atoms with van der Waals surface area (Å²) in [5, 5.41) is 2.82. The molecule has 0 radical (unpaired) electrons. The molecule has 3 aromatic heterocycles. The number of imidazole rings is 1. The Balaban J connectivity index is 0.00000306. The third-order valence-corrected chi connectivity index (χ3v) is 6.13. The van der Waals surface area contributed by atoms with Crippen LogP contribution in [0, 0.1) is 0 Å². The van der Waals surface area contributed by atoms with Gasteiger partial charge in [-0.2, -0.15) is 13.2 Å². The Morgan fingerprint density at radius 3 is 2.36 bits per heavy atom. The summed E-state index contributed by atoms with van der Waals surface area (Å²) in [5.74, 6) is -0.647. The Labute approximate surface area is 206 Å². The van der Waals surface area contributed by atoms with Crippen molar-refractivity contribution in [1.29, 1.82) is 0 Å². The van der Waals surface area contributed by atoms with Gasteiger partial charge in [0.1, 0.15) is 0 Å². The first-order chi connectivity index (χ1) is 15.3. The van der Waals surface area contributed by atoms with Gasteiger partial charge in [0.25, 0.3) is 5.91 Å². The highest BCUT2D eigenvalue weighted by Gasteiger charge is 2.38. The number of thioether (sulfide) groups is 1. The predicted octanol–water partition coefficient (Wildman–Crippen LogP) is 7.02. The molecule has 0 aliphatic rings. The molecule has 5 nitrogen and oxygen atoms in total. The van der Waals surface area contributed by atoms with E-state index in [1.807, 2.05) is 0 Å². The minimum absolute atomic E-state index is 0. The van der Waals surface area contributed by atoms with Crippen LogP contribution in [0.2, 0.25) is 10.0 Å². The Hall–Kier alpha value is -2.46. The zero-order valence-corrected chi connectivity index (χ0v) is 19.6. The molecule has 1 aromatic carbocycles. The molecule has 0 atom stereocenters. The molecule has 33 heavy (non-hydrogen) atoms. The normalized spacial score (nSPS) is 11.3. The number of carbonyl (C=O) groups excluding carboxylic acids is 1. The number of nitrogens with zero attached hydrogens (tertiary/aromatic N) is 3. The van der Waals surface area contributed by atoms with Gasteiger partial charge in [-0.15, -0.1) is 24.2 Å². The van der Waals surface area contributed by atoms with Gasteiger partial charge in [-0.25, -0.2) is 4.98 Å². The summed E-state index contributed by atoms with van der Waals surface area (Å²) >= 11 is 13.4. The highest BCUT2D eigenvalue weighted by atomic mass is 35.5. The van der Waals surface area contributed by atoms with E-state index in [4.69, 9.17) is 23.2 Å². The van der Waals surface area contributed by atoms with Crippen LogP contribution in [0.3, 0.4) is 0 Å². The van der Waals surface area contributed by atoms with Gasteiger partial charge in [0.15, 0.2) is 11.3 Å². The van der Waals surface area contributed by atoms with Crippen LogP contribution in [-0.4, -0.2) is 20.3 Å². The Morgan fingerprint density at radius 2 is 1.73 bits per heavy atom. The number of rotatable bonds is 5. The molecule has 4 aromatic rings. The molecule has 12 heteroatoms. The van der Waals surface area contributed by atoms with Crippen molar-refractivity contribution in [2.75, 3.05) is 5.32 Å². The van der Waals surface area contributed by atoms with Crippen LogP contribution in [0.5, 0.6) is 0 Å². The number of carbonyl (C=O) groups is 1. The van der Waals surface area contributed by atoms with E-state index >= 15 is 0 Å². The van der Waals surface area contributed by atoms with E-state index in [-0.39, 0.29) is 50.8 Å². The number of anilines is 1. The van der Waals surface area contributed by atoms with Gasteiger partial charge in [0.05, 0.1) is 27.0 Å². The molecule has 0 bridgehead atoms. The fraction of sp³-hybridized carbons (Fsp3) is 0.0952. The van der Waals surface area contributed by atoms with Gasteiger partial charge in [-0.05, 0) is 36.4 Å². The number of hydrogen-bond acceptors (Lipinski definition) is 4. The van der Waals surface area contributed by atoms with Crippen LogP contribution in [0.15, 0.2) is 66.0 Å². The molecule has 172 valence electrons. The van der Waals surface area contributed by atoms with Crippen molar-refractivity contribution < 1.29 is 18.0 Å². The van der Waals surface area contributed by atoms with Crippen molar-refractivity contribution in [3.8, 4) is 0 Å². The molecule has 0 aliphatic carbocycles. The lowest BCUT2D eigenvalue weighted by atomic mass is 10.2. The Morgan fingerprint density at radius 1 is 1.06 bits per heavy atom. The molecule has 1 amide bonds. The number of hydrogen-bond donors (Lipinski definition) is 1. The van der Waals surface area contributed by atoms with Crippen molar-refractivity contribution in [2.45, 2.75) is 16.8 Å². The third-order valence-electron chi connectivity index (χ3n) is 4.48. The Bertz CT molecular complexity index is 1280. The molecule has 0 unspecified atom stereocenters. The van der Waals surface area contributed by atoms with Gasteiger partial charge in [0.2, 0.25) is 0 Å². The van der Waals surface area contributed by atoms with Crippen molar-refractivity contribution in [3.63, 3.8) is 0 Å². The largest absolute Gasteiger partial charge is 0.435 e. The maximum Gasteiger partial charge on any atom is 0.435 e. The quantitative estimate of drug-likeness (QED) is 0.280. The standard InChI is InChI=1S/C21H13Cl2F3N4OS.ClH/c22-13-3-1-4-14(23)17(13)20(31)28-15-5-2-10-30-16(11-32-12-6-8-27-9-7-12)18(21(24,25)26)29-19(15)30;/h1-10H,11H2,(H,28,31);1H. The number of benzene rings is 1. The molecule has 0 saturated carbocycles. The van der Waals surface area contributed by atoms with E-state index in [1.165, 1.54) is 46.6 Å². The van der Waals surface area contributed by atoms with Crippen molar-refractivity contribution >= 4 is 64.6 Å². The van der Waals surface area contributed by atoms with Gasteiger partial charge in [0, 0.05) is 29.2 Å². The van der Waals surface area contributed by atoms with E-state index in [2.05, 4.69) is 15.3 Å². The molecule has 0 spiro atoms. The number of amides is 1. The van der Waals surface area contributed by atoms with Crippen molar-refractivity contribution in [3.05, 3.63) is 88.1 Å². The zero-order valence-electron chi connectivity index (χ0n) is 16.4. The number of halogens is 6. The first kappa shape index (κ1) is 25.2. The average molecular weight is 534 g/mol. The SMILES string of the molecule is Cl.O=C(Nc1cccn2c(CSc3ccncc3)c(C(F)(F)F)nc12)c1c(Cl)cccc1Cl. The summed E-state index contributed by atoms with van der Waals surface area (Å²) in [7, 11) is 0. The highest BCUT2D eigenvalue weighted by molar-refractivity contribution is 7.98. The van der Waals surface area contributed by atoms with Crippen LogP contribution in [-0.2, 0) is 11.9 Å². The molecule has 3 heterocycles. The van der Waals surface area contributed by atoms with E-state index in [9.17, 15) is 18.0 Å². The lowest BCUT2D eigenvalue weighted by Crippen LogP contribution is -2.14. The second-order valence-electron chi connectivity index (χ2n) is 6.54. The van der Waals surface area contributed by atoms with Gasteiger partial charge >= 0.3 is 6.18 Å². The monoisotopic (exact) mass is 532 g/mol. The molecule has 4 rings (SSSR count). The number of nitrogens with one attached hydrogen (secondary N) is 1. The molecule has 1 N–H and O–H groups in total. The molecular weight excluding hydrogens is 520 g/mol.